The first-order chi connectivity index (χ1) is 26.1. The van der Waals surface area contributed by atoms with E-state index in [0.29, 0.717) is 17.4 Å². The van der Waals surface area contributed by atoms with Gasteiger partial charge in [-0.15, -0.1) is 0 Å². The Kier molecular flexibility index (Phi) is 37.0. The van der Waals surface area contributed by atoms with Crippen molar-refractivity contribution >= 4 is 17.9 Å². The summed E-state index contributed by atoms with van der Waals surface area (Å²) in [5.41, 5.74) is 0. The van der Waals surface area contributed by atoms with Crippen molar-refractivity contribution in [1.82, 2.24) is 0 Å². The number of hydrogen-bond acceptors (Lipinski definition) is 7. The second kappa shape index (κ2) is 38.2. The summed E-state index contributed by atoms with van der Waals surface area (Å²) in [7, 11) is 5.96. The van der Waals surface area contributed by atoms with Crippen LogP contribution >= 0.6 is 0 Å². The summed E-state index contributed by atoms with van der Waals surface area (Å²) >= 11 is 0. The molecule has 0 aromatic rings. The number of ether oxygens (including phenoxy) is 4. The van der Waals surface area contributed by atoms with Crippen molar-refractivity contribution in [2.45, 2.75) is 225 Å². The van der Waals surface area contributed by atoms with Crippen LogP contribution in [0, 0.1) is 0 Å². The molecule has 0 saturated heterocycles. The predicted molar refractivity (Wildman–Crippen MR) is 222 cm³/mol. The Morgan fingerprint density at radius 3 is 1.19 bits per heavy atom. The first kappa shape index (κ1) is 52.3. The van der Waals surface area contributed by atoms with Crippen LogP contribution in [0.2, 0.25) is 0 Å². The number of rotatable bonds is 42. The molecule has 0 amide bonds. The fourth-order valence-corrected chi connectivity index (χ4v) is 6.54. The largest absolute Gasteiger partial charge is 0.477 e. The highest BCUT2D eigenvalue weighted by Gasteiger charge is 2.25. The minimum atomic E-state index is -1.50. The van der Waals surface area contributed by atoms with Crippen LogP contribution in [0.25, 0.3) is 0 Å². The molecular formula is C45H88NO8+. The van der Waals surface area contributed by atoms with Crippen molar-refractivity contribution in [3.63, 3.8) is 0 Å². The topological polar surface area (TPSA) is 108 Å². The average Bonchev–Trinajstić information content (AvgIpc) is 3.12. The Morgan fingerprint density at radius 1 is 0.481 bits per heavy atom. The number of aliphatic carboxylic acids is 1. The SMILES string of the molecule is CCCCCCCCCCCCCCCCCCC(=O)OC(COC(=O)CCCCCCCCCCCCCCC)COC(OCC[N+](C)(C)C)C(=O)O. The molecular weight excluding hydrogens is 682 g/mol. The second-order valence-corrected chi connectivity index (χ2v) is 16.7. The van der Waals surface area contributed by atoms with Crippen LogP contribution in [0.3, 0.4) is 0 Å². The van der Waals surface area contributed by atoms with Crippen molar-refractivity contribution in [2.24, 2.45) is 0 Å². The molecule has 0 aliphatic carbocycles. The van der Waals surface area contributed by atoms with E-state index in [1.54, 1.807) is 0 Å². The van der Waals surface area contributed by atoms with E-state index in [-0.39, 0.29) is 38.2 Å². The summed E-state index contributed by atoms with van der Waals surface area (Å²) in [5, 5.41) is 9.62. The highest BCUT2D eigenvalue weighted by atomic mass is 16.7. The van der Waals surface area contributed by atoms with Gasteiger partial charge in [-0.2, -0.15) is 0 Å². The molecule has 0 aromatic carbocycles. The maximum absolute atomic E-state index is 12.7. The number of unbranched alkanes of at least 4 members (excludes halogenated alkanes) is 27. The molecule has 0 rings (SSSR count). The maximum Gasteiger partial charge on any atom is 0.361 e. The fourth-order valence-electron chi connectivity index (χ4n) is 6.54. The Labute approximate surface area is 332 Å². The van der Waals surface area contributed by atoms with Crippen LogP contribution in [-0.4, -0.2) is 87.4 Å². The molecule has 0 aliphatic rings. The van der Waals surface area contributed by atoms with Crippen molar-refractivity contribution in [2.75, 3.05) is 47.5 Å². The summed E-state index contributed by atoms with van der Waals surface area (Å²) < 4.78 is 22.7. The van der Waals surface area contributed by atoms with Crippen LogP contribution < -0.4 is 0 Å². The van der Waals surface area contributed by atoms with Crippen molar-refractivity contribution in [3.05, 3.63) is 0 Å². The molecule has 9 heteroatoms. The molecule has 1 N–H and O–H groups in total. The summed E-state index contributed by atoms with van der Waals surface area (Å²) in [6.45, 7) is 4.90. The van der Waals surface area contributed by atoms with E-state index in [1.807, 2.05) is 21.1 Å². The molecule has 0 fully saturated rings. The third-order valence-corrected chi connectivity index (χ3v) is 10.1. The lowest BCUT2D eigenvalue weighted by molar-refractivity contribution is -0.870. The third kappa shape index (κ3) is 38.6. The van der Waals surface area contributed by atoms with Gasteiger partial charge in [-0.05, 0) is 12.8 Å². The Balaban J connectivity index is 4.39. The molecule has 0 aliphatic heterocycles. The van der Waals surface area contributed by atoms with Gasteiger partial charge in [0.15, 0.2) is 6.10 Å². The lowest BCUT2D eigenvalue weighted by Gasteiger charge is -2.25. The van der Waals surface area contributed by atoms with Gasteiger partial charge in [0.2, 0.25) is 0 Å². The van der Waals surface area contributed by atoms with Gasteiger partial charge < -0.3 is 28.5 Å². The minimum absolute atomic E-state index is 0.173. The normalized spacial score (nSPS) is 12.8. The van der Waals surface area contributed by atoms with Gasteiger partial charge in [0.1, 0.15) is 13.2 Å². The number of carbonyl (C=O) groups is 3. The molecule has 0 saturated carbocycles. The third-order valence-electron chi connectivity index (χ3n) is 10.1. The zero-order chi connectivity index (χ0) is 40.0. The second-order valence-electron chi connectivity index (χ2n) is 16.7. The fraction of sp³-hybridized carbons (Fsp3) is 0.933. The lowest BCUT2D eigenvalue weighted by Crippen LogP contribution is -2.40. The van der Waals surface area contributed by atoms with Gasteiger partial charge >= 0.3 is 17.9 Å². The number of hydrogen-bond donors (Lipinski definition) is 1. The number of carboxylic acid groups (broad SMARTS) is 1. The molecule has 0 heterocycles. The zero-order valence-electron chi connectivity index (χ0n) is 36.2. The smallest absolute Gasteiger partial charge is 0.361 e. The van der Waals surface area contributed by atoms with Crippen molar-refractivity contribution < 1.29 is 42.9 Å². The van der Waals surface area contributed by atoms with E-state index in [2.05, 4.69) is 13.8 Å². The van der Waals surface area contributed by atoms with Crippen LogP contribution in [0.5, 0.6) is 0 Å². The summed E-state index contributed by atoms with van der Waals surface area (Å²) in [4.78, 5) is 37.1. The van der Waals surface area contributed by atoms with E-state index >= 15 is 0 Å². The average molecular weight is 771 g/mol. The van der Waals surface area contributed by atoms with Gasteiger partial charge in [-0.25, -0.2) is 4.79 Å². The molecule has 0 spiro atoms. The first-order valence-electron chi connectivity index (χ1n) is 22.7. The Hall–Kier alpha value is -1.71. The number of nitrogens with zero attached hydrogens (tertiary/aromatic N) is 1. The van der Waals surface area contributed by atoms with Crippen LogP contribution in [0.1, 0.15) is 213 Å². The molecule has 54 heavy (non-hydrogen) atoms. The number of quaternary nitrogens is 1. The molecule has 0 radical (unpaired) electrons. The molecule has 2 unspecified atom stereocenters. The lowest BCUT2D eigenvalue weighted by atomic mass is 10.0. The van der Waals surface area contributed by atoms with Crippen molar-refractivity contribution in [3.8, 4) is 0 Å². The van der Waals surface area contributed by atoms with E-state index in [1.165, 1.54) is 148 Å². The molecule has 320 valence electrons. The Bertz CT molecular complexity index is 861. The summed E-state index contributed by atoms with van der Waals surface area (Å²) in [6.07, 6.45) is 34.4. The van der Waals surface area contributed by atoms with Gasteiger partial charge in [-0.3, -0.25) is 9.59 Å². The molecule has 2 atom stereocenters. The number of likely N-dealkylation sites (N-methyl/N-ethyl adjacent to an activating group) is 1. The summed E-state index contributed by atoms with van der Waals surface area (Å²) in [5.74, 6) is -1.99. The van der Waals surface area contributed by atoms with Gasteiger partial charge in [0.05, 0.1) is 34.4 Å². The van der Waals surface area contributed by atoms with Crippen LogP contribution in [-0.2, 0) is 33.3 Å². The molecule has 0 bridgehead atoms. The minimum Gasteiger partial charge on any atom is -0.477 e. The van der Waals surface area contributed by atoms with Crippen LogP contribution in [0.4, 0.5) is 0 Å². The molecule has 0 aromatic heterocycles. The highest BCUT2D eigenvalue weighted by molar-refractivity contribution is 5.71. The van der Waals surface area contributed by atoms with Crippen LogP contribution in [0.15, 0.2) is 0 Å². The van der Waals surface area contributed by atoms with Gasteiger partial charge in [0.25, 0.3) is 6.29 Å². The highest BCUT2D eigenvalue weighted by Crippen LogP contribution is 2.16. The molecule has 9 nitrogen and oxygen atoms in total. The quantitative estimate of drug-likeness (QED) is 0.0283. The predicted octanol–water partition coefficient (Wildman–Crippen LogP) is 11.7. The van der Waals surface area contributed by atoms with Crippen molar-refractivity contribution in [1.29, 1.82) is 0 Å². The van der Waals surface area contributed by atoms with E-state index in [0.717, 1.165) is 38.5 Å². The number of esters is 2. The number of carboxylic acids is 1. The van der Waals surface area contributed by atoms with E-state index in [9.17, 15) is 19.5 Å². The standard InChI is InChI=1S/C45H87NO8/c1-6-8-10-12-14-16-18-20-21-22-24-26-28-30-32-34-36-43(48)54-41(40-53-45(44(49)50)51-38-37-46(3,4)5)39-52-42(47)35-33-31-29-27-25-23-19-17-15-13-11-9-7-2/h41,45H,6-40H2,1-5H3/p+1. The monoisotopic (exact) mass is 771 g/mol. The summed E-state index contributed by atoms with van der Waals surface area (Å²) in [6, 6.07) is 0. The number of carbonyl (C=O) groups excluding carboxylic acids is 2. The van der Waals surface area contributed by atoms with E-state index in [4.69, 9.17) is 18.9 Å². The van der Waals surface area contributed by atoms with Gasteiger partial charge in [0, 0.05) is 12.8 Å². The van der Waals surface area contributed by atoms with E-state index < -0.39 is 18.4 Å². The maximum atomic E-state index is 12.7. The Morgan fingerprint density at radius 2 is 0.833 bits per heavy atom. The zero-order valence-corrected chi connectivity index (χ0v) is 36.2. The van der Waals surface area contributed by atoms with Gasteiger partial charge in [-0.1, -0.05) is 187 Å². The first-order valence-corrected chi connectivity index (χ1v) is 22.7.